The number of hydrogen-bond acceptors (Lipinski definition) is 3. The van der Waals surface area contributed by atoms with Crippen LogP contribution in [0.4, 0.5) is 0 Å². The van der Waals surface area contributed by atoms with E-state index in [0.29, 0.717) is 12.1 Å². The summed E-state index contributed by atoms with van der Waals surface area (Å²) in [5, 5.41) is 3.58. The lowest BCUT2D eigenvalue weighted by atomic mass is 10.1. The highest BCUT2D eigenvalue weighted by atomic mass is 16.5. The topological polar surface area (TPSA) is 24.5 Å². The van der Waals surface area contributed by atoms with E-state index in [-0.39, 0.29) is 0 Å². The quantitative estimate of drug-likeness (QED) is 0.678. The molecule has 0 amide bonds. The Kier molecular flexibility index (Phi) is 6.22. The number of nitrogens with one attached hydrogen (secondary N) is 1. The van der Waals surface area contributed by atoms with Gasteiger partial charge in [-0.1, -0.05) is 6.92 Å². The molecule has 15 heavy (non-hydrogen) atoms. The summed E-state index contributed by atoms with van der Waals surface area (Å²) < 4.78 is 5.37. The van der Waals surface area contributed by atoms with Crippen LogP contribution in [0.25, 0.3) is 0 Å². The number of hydrogen-bond donors (Lipinski definition) is 1. The third-order valence-electron chi connectivity index (χ3n) is 3.21. The maximum atomic E-state index is 5.37. The van der Waals surface area contributed by atoms with Crippen molar-refractivity contribution in [2.75, 3.05) is 32.8 Å². The number of nitrogens with zero attached hydrogens (tertiary/aromatic N) is 1. The van der Waals surface area contributed by atoms with E-state index < -0.39 is 0 Å². The van der Waals surface area contributed by atoms with Crippen molar-refractivity contribution in [3.63, 3.8) is 0 Å². The third kappa shape index (κ3) is 4.49. The van der Waals surface area contributed by atoms with Crippen LogP contribution < -0.4 is 5.32 Å². The van der Waals surface area contributed by atoms with Gasteiger partial charge in [-0.3, -0.25) is 4.90 Å². The Morgan fingerprint density at radius 1 is 1.40 bits per heavy atom. The lowest BCUT2D eigenvalue weighted by molar-refractivity contribution is 0.102. The fourth-order valence-corrected chi connectivity index (χ4v) is 2.09. The zero-order valence-electron chi connectivity index (χ0n) is 10.5. The molecule has 1 fully saturated rings. The summed E-state index contributed by atoms with van der Waals surface area (Å²) >= 11 is 0. The van der Waals surface area contributed by atoms with E-state index in [0.717, 1.165) is 26.2 Å². The van der Waals surface area contributed by atoms with E-state index in [1.807, 2.05) is 0 Å². The molecule has 0 aromatic rings. The summed E-state index contributed by atoms with van der Waals surface area (Å²) in [4.78, 5) is 2.59. The van der Waals surface area contributed by atoms with Gasteiger partial charge in [0.25, 0.3) is 0 Å². The summed E-state index contributed by atoms with van der Waals surface area (Å²) in [6.07, 6.45) is 2.39. The fraction of sp³-hybridized carbons (Fsp3) is 1.00. The molecule has 3 nitrogen and oxygen atoms in total. The molecule has 1 heterocycles. The minimum Gasteiger partial charge on any atom is -0.382 e. The monoisotopic (exact) mass is 214 g/mol. The largest absolute Gasteiger partial charge is 0.382 e. The summed E-state index contributed by atoms with van der Waals surface area (Å²) in [6, 6.07) is 1.36. The normalized spacial score (nSPS) is 28.2. The molecule has 0 aliphatic carbocycles. The van der Waals surface area contributed by atoms with Gasteiger partial charge in [0.1, 0.15) is 0 Å². The lowest BCUT2D eigenvalue weighted by Crippen LogP contribution is -2.55. The average molecular weight is 214 g/mol. The molecule has 1 rings (SSSR count). The lowest BCUT2D eigenvalue weighted by Gasteiger charge is -2.38. The van der Waals surface area contributed by atoms with Gasteiger partial charge in [-0.15, -0.1) is 0 Å². The number of piperazine rings is 1. The molecule has 2 unspecified atom stereocenters. The van der Waals surface area contributed by atoms with Crippen LogP contribution in [0.5, 0.6) is 0 Å². The second kappa shape index (κ2) is 7.20. The van der Waals surface area contributed by atoms with Crippen molar-refractivity contribution in [1.29, 1.82) is 0 Å². The zero-order chi connectivity index (χ0) is 11.1. The fourth-order valence-electron chi connectivity index (χ4n) is 2.09. The first kappa shape index (κ1) is 12.9. The van der Waals surface area contributed by atoms with Crippen LogP contribution in [0.2, 0.25) is 0 Å². The molecule has 1 aliphatic rings. The highest BCUT2D eigenvalue weighted by Gasteiger charge is 2.22. The summed E-state index contributed by atoms with van der Waals surface area (Å²) in [5.41, 5.74) is 0. The van der Waals surface area contributed by atoms with Gasteiger partial charge in [0.05, 0.1) is 0 Å². The Balaban J connectivity index is 2.19. The molecule has 0 radical (unpaired) electrons. The Labute approximate surface area is 94.2 Å². The van der Waals surface area contributed by atoms with Crippen LogP contribution >= 0.6 is 0 Å². The van der Waals surface area contributed by atoms with Gasteiger partial charge in [0.2, 0.25) is 0 Å². The van der Waals surface area contributed by atoms with Gasteiger partial charge in [0, 0.05) is 44.9 Å². The van der Waals surface area contributed by atoms with Gasteiger partial charge in [0.15, 0.2) is 0 Å². The number of ether oxygens (including phenoxy) is 1. The van der Waals surface area contributed by atoms with Crippen molar-refractivity contribution >= 4 is 0 Å². The van der Waals surface area contributed by atoms with Crippen molar-refractivity contribution < 1.29 is 4.74 Å². The van der Waals surface area contributed by atoms with Gasteiger partial charge in [-0.25, -0.2) is 0 Å². The van der Waals surface area contributed by atoms with Crippen LogP contribution in [0.1, 0.15) is 33.6 Å². The SMILES string of the molecule is CCOCCCN1CC(CC)NCC1C. The van der Waals surface area contributed by atoms with E-state index in [2.05, 4.69) is 31.0 Å². The van der Waals surface area contributed by atoms with Crippen LogP contribution in [-0.4, -0.2) is 49.8 Å². The molecule has 1 saturated heterocycles. The second-order valence-electron chi connectivity index (χ2n) is 4.41. The van der Waals surface area contributed by atoms with Crippen LogP contribution in [0.15, 0.2) is 0 Å². The predicted molar refractivity (Wildman–Crippen MR) is 64.2 cm³/mol. The first-order valence-electron chi connectivity index (χ1n) is 6.33. The van der Waals surface area contributed by atoms with Crippen molar-refractivity contribution in [3.05, 3.63) is 0 Å². The predicted octanol–water partition coefficient (Wildman–Crippen LogP) is 1.49. The first-order valence-corrected chi connectivity index (χ1v) is 6.33. The minimum atomic E-state index is 0.675. The van der Waals surface area contributed by atoms with E-state index in [1.165, 1.54) is 19.5 Å². The highest BCUT2D eigenvalue weighted by molar-refractivity contribution is 4.82. The maximum Gasteiger partial charge on any atom is 0.0478 e. The Morgan fingerprint density at radius 2 is 2.20 bits per heavy atom. The van der Waals surface area contributed by atoms with Gasteiger partial charge in [-0.2, -0.15) is 0 Å². The summed E-state index contributed by atoms with van der Waals surface area (Å²) in [7, 11) is 0. The standard InChI is InChI=1S/C12H26N2O/c1-4-12-10-14(11(3)9-13-12)7-6-8-15-5-2/h11-13H,4-10H2,1-3H3. The first-order chi connectivity index (χ1) is 7.27. The molecular formula is C12H26N2O. The van der Waals surface area contributed by atoms with Crippen LogP contribution in [0.3, 0.4) is 0 Å². The molecule has 1 N–H and O–H groups in total. The molecule has 0 spiro atoms. The number of rotatable bonds is 6. The van der Waals surface area contributed by atoms with E-state index in [1.54, 1.807) is 0 Å². The Morgan fingerprint density at radius 3 is 2.87 bits per heavy atom. The molecule has 0 saturated carbocycles. The average Bonchev–Trinajstić information content (AvgIpc) is 2.26. The van der Waals surface area contributed by atoms with E-state index >= 15 is 0 Å². The van der Waals surface area contributed by atoms with Crippen molar-refractivity contribution in [2.24, 2.45) is 0 Å². The van der Waals surface area contributed by atoms with Gasteiger partial charge in [-0.05, 0) is 26.7 Å². The summed E-state index contributed by atoms with van der Waals surface area (Å²) in [5.74, 6) is 0. The summed E-state index contributed by atoms with van der Waals surface area (Å²) in [6.45, 7) is 11.9. The molecule has 90 valence electrons. The second-order valence-corrected chi connectivity index (χ2v) is 4.41. The van der Waals surface area contributed by atoms with Crippen LogP contribution in [-0.2, 0) is 4.74 Å². The van der Waals surface area contributed by atoms with Crippen LogP contribution in [0, 0.1) is 0 Å². The minimum absolute atomic E-state index is 0.675. The third-order valence-corrected chi connectivity index (χ3v) is 3.21. The Bertz CT molecular complexity index is 164. The molecule has 0 aromatic heterocycles. The van der Waals surface area contributed by atoms with E-state index in [9.17, 15) is 0 Å². The van der Waals surface area contributed by atoms with Crippen molar-refractivity contribution in [2.45, 2.75) is 45.7 Å². The van der Waals surface area contributed by atoms with E-state index in [4.69, 9.17) is 4.74 Å². The van der Waals surface area contributed by atoms with Crippen molar-refractivity contribution in [3.8, 4) is 0 Å². The van der Waals surface area contributed by atoms with Gasteiger partial charge < -0.3 is 10.1 Å². The molecule has 2 atom stereocenters. The Hall–Kier alpha value is -0.120. The molecule has 0 aromatic carbocycles. The zero-order valence-corrected chi connectivity index (χ0v) is 10.5. The highest BCUT2D eigenvalue weighted by Crippen LogP contribution is 2.09. The molecule has 1 aliphatic heterocycles. The molecule has 3 heteroatoms. The van der Waals surface area contributed by atoms with Gasteiger partial charge >= 0.3 is 0 Å². The van der Waals surface area contributed by atoms with Crippen molar-refractivity contribution in [1.82, 2.24) is 10.2 Å². The molecular weight excluding hydrogens is 188 g/mol. The molecule has 0 bridgehead atoms. The maximum absolute atomic E-state index is 5.37. The smallest absolute Gasteiger partial charge is 0.0478 e.